The van der Waals surface area contributed by atoms with Gasteiger partial charge in [0.15, 0.2) is 0 Å². The second-order valence-electron chi connectivity index (χ2n) is 4.59. The second kappa shape index (κ2) is 4.69. The van der Waals surface area contributed by atoms with Gasteiger partial charge >= 0.3 is 0 Å². The minimum absolute atomic E-state index is 0.283. The second-order valence-corrected chi connectivity index (χ2v) is 4.59. The van der Waals surface area contributed by atoms with Crippen LogP contribution < -0.4 is 10.1 Å². The third kappa shape index (κ3) is 2.16. The summed E-state index contributed by atoms with van der Waals surface area (Å²) in [6.07, 6.45) is 2.85. The van der Waals surface area contributed by atoms with Crippen LogP contribution in [0.3, 0.4) is 0 Å². The third-order valence-electron chi connectivity index (χ3n) is 3.19. The van der Waals surface area contributed by atoms with Gasteiger partial charge in [0.05, 0.1) is 12.6 Å². The molecule has 1 unspecified atom stereocenters. The Bertz CT molecular complexity index is 536. The summed E-state index contributed by atoms with van der Waals surface area (Å²) in [6.45, 7) is 2.79. The van der Waals surface area contributed by atoms with Crippen LogP contribution in [0.25, 0.3) is 0 Å². The zero-order valence-electron chi connectivity index (χ0n) is 10.4. The van der Waals surface area contributed by atoms with E-state index in [9.17, 15) is 0 Å². The SMILES string of the molecule is Cc1ccc(NC2CCOc3ccccc32)nc1. The molecule has 0 saturated heterocycles. The van der Waals surface area contributed by atoms with Crippen LogP contribution >= 0.6 is 0 Å². The lowest BCUT2D eigenvalue weighted by molar-refractivity contribution is 0.274. The highest BCUT2D eigenvalue weighted by Gasteiger charge is 2.20. The molecular weight excluding hydrogens is 224 g/mol. The third-order valence-corrected chi connectivity index (χ3v) is 3.19. The van der Waals surface area contributed by atoms with E-state index in [-0.39, 0.29) is 6.04 Å². The van der Waals surface area contributed by atoms with Gasteiger partial charge in [-0.2, -0.15) is 0 Å². The zero-order valence-corrected chi connectivity index (χ0v) is 10.4. The number of fused-ring (bicyclic) bond motifs is 1. The van der Waals surface area contributed by atoms with E-state index in [1.165, 1.54) is 11.1 Å². The van der Waals surface area contributed by atoms with Crippen LogP contribution in [0.4, 0.5) is 5.82 Å². The first-order valence-electron chi connectivity index (χ1n) is 6.24. The predicted molar refractivity (Wildman–Crippen MR) is 71.9 cm³/mol. The summed E-state index contributed by atoms with van der Waals surface area (Å²) in [6, 6.07) is 12.6. The van der Waals surface area contributed by atoms with Crippen molar-refractivity contribution in [1.82, 2.24) is 4.98 Å². The summed E-state index contributed by atoms with van der Waals surface area (Å²) in [7, 11) is 0. The Kier molecular flexibility index (Phi) is 2.89. The van der Waals surface area contributed by atoms with Crippen LogP contribution in [0.5, 0.6) is 5.75 Å². The standard InChI is InChI=1S/C15H16N2O/c1-11-6-7-15(16-10-11)17-13-8-9-18-14-5-3-2-4-12(13)14/h2-7,10,13H,8-9H2,1H3,(H,16,17). The number of benzene rings is 1. The normalized spacial score (nSPS) is 17.7. The monoisotopic (exact) mass is 240 g/mol. The first kappa shape index (κ1) is 11.1. The molecule has 3 nitrogen and oxygen atoms in total. The van der Waals surface area contributed by atoms with Crippen molar-refractivity contribution in [3.8, 4) is 5.75 Å². The molecule has 3 rings (SSSR count). The molecule has 0 fully saturated rings. The molecule has 92 valence electrons. The van der Waals surface area contributed by atoms with Crippen LogP contribution in [-0.4, -0.2) is 11.6 Å². The number of nitrogens with zero attached hydrogens (tertiary/aromatic N) is 1. The smallest absolute Gasteiger partial charge is 0.126 e. The maximum absolute atomic E-state index is 5.65. The van der Waals surface area contributed by atoms with Gasteiger partial charge in [-0.3, -0.25) is 0 Å². The van der Waals surface area contributed by atoms with Gasteiger partial charge in [0.2, 0.25) is 0 Å². The van der Waals surface area contributed by atoms with Gasteiger partial charge in [0.25, 0.3) is 0 Å². The average Bonchev–Trinajstić information content (AvgIpc) is 2.42. The van der Waals surface area contributed by atoms with Crippen LogP contribution in [0.1, 0.15) is 23.6 Å². The lowest BCUT2D eigenvalue weighted by Crippen LogP contribution is -2.20. The van der Waals surface area contributed by atoms with Gasteiger partial charge < -0.3 is 10.1 Å². The molecule has 1 aromatic carbocycles. The summed E-state index contributed by atoms with van der Waals surface area (Å²) >= 11 is 0. The predicted octanol–water partition coefficient (Wildman–Crippen LogP) is 3.33. The lowest BCUT2D eigenvalue weighted by atomic mass is 10.0. The summed E-state index contributed by atoms with van der Waals surface area (Å²) in [5.74, 6) is 1.90. The van der Waals surface area contributed by atoms with Gasteiger partial charge in [-0.05, 0) is 24.6 Å². The Labute approximate surface area is 107 Å². The minimum Gasteiger partial charge on any atom is -0.493 e. The molecule has 0 aliphatic carbocycles. The largest absolute Gasteiger partial charge is 0.493 e. The molecule has 0 spiro atoms. The number of rotatable bonds is 2. The number of ether oxygens (including phenoxy) is 1. The molecule has 0 amide bonds. The Hall–Kier alpha value is -2.03. The van der Waals surface area contributed by atoms with Crippen LogP contribution in [0.15, 0.2) is 42.6 Å². The van der Waals surface area contributed by atoms with Crippen molar-refractivity contribution < 1.29 is 4.74 Å². The minimum atomic E-state index is 0.283. The van der Waals surface area contributed by atoms with Crippen molar-refractivity contribution in [3.63, 3.8) is 0 Å². The number of anilines is 1. The fraction of sp³-hybridized carbons (Fsp3) is 0.267. The van der Waals surface area contributed by atoms with E-state index in [4.69, 9.17) is 4.74 Å². The highest BCUT2D eigenvalue weighted by molar-refractivity contribution is 5.44. The molecule has 1 atom stereocenters. The molecule has 1 aromatic heterocycles. The molecule has 2 aromatic rings. The molecule has 1 N–H and O–H groups in total. The summed E-state index contributed by atoms with van der Waals surface area (Å²) < 4.78 is 5.65. The number of aryl methyl sites for hydroxylation is 1. The number of nitrogens with one attached hydrogen (secondary N) is 1. The molecule has 3 heteroatoms. The average molecular weight is 240 g/mol. The molecule has 1 aliphatic heterocycles. The molecule has 0 saturated carbocycles. The van der Waals surface area contributed by atoms with E-state index in [2.05, 4.69) is 22.4 Å². The summed E-state index contributed by atoms with van der Waals surface area (Å²) in [5.41, 5.74) is 2.39. The molecular formula is C15H16N2O. The Balaban J connectivity index is 1.84. The highest BCUT2D eigenvalue weighted by Crippen LogP contribution is 2.33. The summed E-state index contributed by atoms with van der Waals surface area (Å²) in [4.78, 5) is 4.39. The fourth-order valence-electron chi connectivity index (χ4n) is 2.22. The number of hydrogen-bond donors (Lipinski definition) is 1. The van der Waals surface area contributed by atoms with Crippen molar-refractivity contribution in [2.75, 3.05) is 11.9 Å². The maximum atomic E-state index is 5.65. The van der Waals surface area contributed by atoms with Crippen molar-refractivity contribution in [2.24, 2.45) is 0 Å². The Morgan fingerprint density at radius 2 is 2.11 bits per heavy atom. The van der Waals surface area contributed by atoms with Crippen molar-refractivity contribution >= 4 is 5.82 Å². The molecule has 1 aliphatic rings. The first-order chi connectivity index (χ1) is 8.83. The molecule has 0 bridgehead atoms. The number of aromatic nitrogens is 1. The lowest BCUT2D eigenvalue weighted by Gasteiger charge is -2.27. The quantitative estimate of drug-likeness (QED) is 0.874. The number of para-hydroxylation sites is 1. The van der Waals surface area contributed by atoms with Crippen molar-refractivity contribution in [2.45, 2.75) is 19.4 Å². The topological polar surface area (TPSA) is 34.1 Å². The van der Waals surface area contributed by atoms with E-state index in [0.717, 1.165) is 24.6 Å². The van der Waals surface area contributed by atoms with E-state index < -0.39 is 0 Å². The molecule has 18 heavy (non-hydrogen) atoms. The van der Waals surface area contributed by atoms with E-state index >= 15 is 0 Å². The maximum Gasteiger partial charge on any atom is 0.126 e. The van der Waals surface area contributed by atoms with E-state index in [1.807, 2.05) is 37.4 Å². The number of pyridine rings is 1. The van der Waals surface area contributed by atoms with Crippen LogP contribution in [-0.2, 0) is 0 Å². The van der Waals surface area contributed by atoms with Crippen molar-refractivity contribution in [3.05, 3.63) is 53.7 Å². The van der Waals surface area contributed by atoms with Gasteiger partial charge in [-0.1, -0.05) is 24.3 Å². The summed E-state index contributed by atoms with van der Waals surface area (Å²) in [5, 5.41) is 3.47. The zero-order chi connectivity index (χ0) is 12.4. The Morgan fingerprint density at radius 1 is 1.22 bits per heavy atom. The fourth-order valence-corrected chi connectivity index (χ4v) is 2.22. The first-order valence-corrected chi connectivity index (χ1v) is 6.24. The number of hydrogen-bond acceptors (Lipinski definition) is 3. The van der Waals surface area contributed by atoms with Gasteiger partial charge in [0.1, 0.15) is 11.6 Å². The Morgan fingerprint density at radius 3 is 2.94 bits per heavy atom. The van der Waals surface area contributed by atoms with E-state index in [0.29, 0.717) is 0 Å². The van der Waals surface area contributed by atoms with Crippen molar-refractivity contribution in [1.29, 1.82) is 0 Å². The molecule has 0 radical (unpaired) electrons. The molecule has 2 heterocycles. The van der Waals surface area contributed by atoms with E-state index in [1.54, 1.807) is 0 Å². The van der Waals surface area contributed by atoms with Gasteiger partial charge in [0, 0.05) is 18.2 Å². The van der Waals surface area contributed by atoms with Crippen LogP contribution in [0.2, 0.25) is 0 Å². The van der Waals surface area contributed by atoms with Gasteiger partial charge in [-0.15, -0.1) is 0 Å². The highest BCUT2D eigenvalue weighted by atomic mass is 16.5. The van der Waals surface area contributed by atoms with Gasteiger partial charge in [-0.25, -0.2) is 4.98 Å². The van der Waals surface area contributed by atoms with Crippen LogP contribution in [0, 0.1) is 6.92 Å².